The van der Waals surface area contributed by atoms with E-state index >= 15 is 0 Å². The van der Waals surface area contributed by atoms with Crippen LogP contribution >= 0.6 is 0 Å². The third kappa shape index (κ3) is 6.14. The quantitative estimate of drug-likeness (QED) is 0.156. The van der Waals surface area contributed by atoms with Crippen molar-refractivity contribution in [3.63, 3.8) is 0 Å². The second-order valence-electron chi connectivity index (χ2n) is 21.4. The molecule has 3 N–H and O–H groups in total. The van der Waals surface area contributed by atoms with Gasteiger partial charge in [-0.3, -0.25) is 9.59 Å². The van der Waals surface area contributed by atoms with Crippen LogP contribution in [0.15, 0.2) is 12.2 Å². The van der Waals surface area contributed by atoms with Gasteiger partial charge in [-0.05, 0) is 167 Å². The highest BCUT2D eigenvalue weighted by Gasteiger charge is 2.75. The average molecular weight is 695 g/mol. The van der Waals surface area contributed by atoms with Crippen LogP contribution in [0.3, 0.4) is 0 Å². The molecule has 0 unspecified atom stereocenters. The minimum atomic E-state index is -0.872. The number of carbonyl (C=O) groups is 2. The zero-order valence-electron chi connectivity index (χ0n) is 33.6. The Labute approximate surface area is 305 Å². The van der Waals surface area contributed by atoms with Gasteiger partial charge in [0.25, 0.3) is 0 Å². The number of carbonyl (C=O) groups excluding carboxylic acids is 1. The molecule has 6 rings (SSSR count). The van der Waals surface area contributed by atoms with E-state index < -0.39 is 11.4 Å². The molecule has 6 nitrogen and oxygen atoms in total. The normalized spacial score (nSPS) is 43.7. The molecule has 6 heteroatoms. The van der Waals surface area contributed by atoms with E-state index in [2.05, 4.69) is 60.1 Å². The Hall–Kier alpha value is -1.40. The topological polar surface area (TPSA) is 92.9 Å². The Morgan fingerprint density at radius 2 is 1.58 bits per heavy atom. The molecule has 0 spiro atoms. The lowest BCUT2D eigenvalue weighted by atomic mass is 9.30. The molecule has 0 heterocycles. The number of hydrogen-bond acceptors (Lipinski definition) is 5. The van der Waals surface area contributed by atoms with Crippen LogP contribution in [0.4, 0.5) is 0 Å². The van der Waals surface area contributed by atoms with Gasteiger partial charge < -0.3 is 20.5 Å². The number of esters is 1. The van der Waals surface area contributed by atoms with Crippen molar-refractivity contribution in [3.05, 3.63) is 12.2 Å². The summed E-state index contributed by atoms with van der Waals surface area (Å²) < 4.78 is 6.30. The van der Waals surface area contributed by atoms with E-state index in [0.717, 1.165) is 31.6 Å². The van der Waals surface area contributed by atoms with Crippen LogP contribution in [0, 0.1) is 62.1 Å². The lowest BCUT2D eigenvalue weighted by molar-refractivity contribution is -0.256. The summed E-state index contributed by atoms with van der Waals surface area (Å²) in [7, 11) is 2.34. The second kappa shape index (κ2) is 12.9. The molecule has 0 aromatic carbocycles. The van der Waals surface area contributed by atoms with Crippen LogP contribution in [-0.4, -0.2) is 53.7 Å². The van der Waals surface area contributed by atoms with Gasteiger partial charge in [0.15, 0.2) is 0 Å². The number of nitrogens with two attached hydrogens (primary N) is 1. The van der Waals surface area contributed by atoms with Gasteiger partial charge in [0.2, 0.25) is 0 Å². The van der Waals surface area contributed by atoms with Crippen LogP contribution in [0.5, 0.6) is 0 Å². The number of allylic oxidation sites excluding steroid dienone is 1. The molecule has 0 aliphatic heterocycles. The highest BCUT2D eigenvalue weighted by Crippen LogP contribution is 2.78. The Balaban J connectivity index is 1.23. The van der Waals surface area contributed by atoms with E-state index in [-0.39, 0.29) is 52.1 Å². The van der Waals surface area contributed by atoms with Crippen LogP contribution in [0.25, 0.3) is 0 Å². The molecule has 6 aliphatic rings. The summed E-state index contributed by atoms with van der Waals surface area (Å²) in [5, 5.41) is 9.35. The van der Waals surface area contributed by atoms with Crippen molar-refractivity contribution in [3.8, 4) is 0 Å². The molecule has 0 radical (unpaired) electrons. The Bertz CT molecular complexity index is 1340. The van der Waals surface area contributed by atoms with Gasteiger partial charge in [-0.1, -0.05) is 60.6 Å². The summed E-state index contributed by atoms with van der Waals surface area (Å²) in [6, 6.07) is 0. The molecule has 0 aromatic heterocycles. The molecule has 0 aromatic rings. The summed E-state index contributed by atoms with van der Waals surface area (Å²) in [6.45, 7) is 25.7. The zero-order chi connectivity index (χ0) is 36.7. The zero-order valence-corrected chi connectivity index (χ0v) is 33.6. The van der Waals surface area contributed by atoms with Crippen molar-refractivity contribution in [2.45, 2.75) is 170 Å². The van der Waals surface area contributed by atoms with Gasteiger partial charge in [-0.25, -0.2) is 0 Å². The van der Waals surface area contributed by atoms with Crippen LogP contribution in [0.2, 0.25) is 0 Å². The number of rotatable bonds is 12. The van der Waals surface area contributed by atoms with Gasteiger partial charge in [0, 0.05) is 17.5 Å². The highest BCUT2D eigenvalue weighted by molar-refractivity contribution is 5.73. The fraction of sp³-hybridized carbons (Fsp3) is 0.909. The van der Waals surface area contributed by atoms with Crippen molar-refractivity contribution in [2.75, 3.05) is 20.1 Å². The molecular formula is C44H74N2O4. The monoisotopic (exact) mass is 695 g/mol. The third-order valence-electron chi connectivity index (χ3n) is 17.5. The first-order valence-corrected chi connectivity index (χ1v) is 20.7. The van der Waals surface area contributed by atoms with Crippen LogP contribution in [-0.2, 0) is 14.3 Å². The lowest BCUT2D eigenvalue weighted by Gasteiger charge is -2.76. The standard InChI is InChI=1S/C44H74N2O4/c1-29(2)31-14-21-43(18-11-25-46(10)28-30-12-13-30)24-23-42(9)41(8)20-15-32-39(5,6)34(50-36(49)27-38(3,4)26-35(47)48)17-19-40(32,7)33(41)16-22-44(42,45)37(31)43/h30-34,37H,1,11-28,45H2,2-10H3,(H,47,48)/t31-,32-,33+,34-,37-,40-,41+,42-,43+,44-/m0/s1. The summed E-state index contributed by atoms with van der Waals surface area (Å²) in [5.74, 6) is 1.92. The van der Waals surface area contributed by atoms with Crippen molar-refractivity contribution >= 4 is 11.9 Å². The minimum absolute atomic E-state index is 0.0364. The smallest absolute Gasteiger partial charge is 0.306 e. The van der Waals surface area contributed by atoms with Crippen molar-refractivity contribution in [1.82, 2.24) is 4.90 Å². The van der Waals surface area contributed by atoms with E-state index in [9.17, 15) is 14.7 Å². The molecule has 50 heavy (non-hydrogen) atoms. The fourth-order valence-corrected chi connectivity index (χ4v) is 14.7. The fourth-order valence-electron chi connectivity index (χ4n) is 14.7. The number of carboxylic acids is 1. The van der Waals surface area contributed by atoms with Gasteiger partial charge >= 0.3 is 11.9 Å². The molecule has 6 saturated carbocycles. The minimum Gasteiger partial charge on any atom is -0.481 e. The SMILES string of the molecule is C=C(C)[C@@H]1CC[C@]2(CCCN(C)CC3CC3)CC[C@@]3(C)[C@]4(C)CC[C@H]5C(C)(C)[C@@H](OC(=O)CC(C)(C)CC(=O)O)CC[C@]5(C)[C@H]4CC[C@]3(N)[C@@H]12. The Kier molecular flexibility index (Phi) is 9.87. The van der Waals surface area contributed by atoms with Gasteiger partial charge in [-0.2, -0.15) is 0 Å². The van der Waals surface area contributed by atoms with E-state index in [4.69, 9.17) is 10.5 Å². The molecule has 6 fully saturated rings. The molecule has 0 amide bonds. The molecule has 0 bridgehead atoms. The summed E-state index contributed by atoms with van der Waals surface area (Å²) >= 11 is 0. The predicted octanol–water partition coefficient (Wildman–Crippen LogP) is 9.65. The predicted molar refractivity (Wildman–Crippen MR) is 202 cm³/mol. The van der Waals surface area contributed by atoms with Gasteiger partial charge in [-0.15, -0.1) is 0 Å². The number of hydrogen-bond donors (Lipinski definition) is 2. The lowest BCUT2D eigenvalue weighted by Crippen LogP contribution is -2.76. The first kappa shape index (κ1) is 38.3. The van der Waals surface area contributed by atoms with Crippen molar-refractivity contribution < 1.29 is 19.4 Å². The maximum atomic E-state index is 13.2. The maximum Gasteiger partial charge on any atom is 0.306 e. The van der Waals surface area contributed by atoms with Crippen LogP contribution < -0.4 is 5.73 Å². The highest BCUT2D eigenvalue weighted by atomic mass is 16.5. The van der Waals surface area contributed by atoms with E-state index in [1.54, 1.807) is 0 Å². The van der Waals surface area contributed by atoms with Gasteiger partial charge in [0.05, 0.1) is 12.8 Å². The summed E-state index contributed by atoms with van der Waals surface area (Å²) in [5.41, 5.74) is 9.29. The van der Waals surface area contributed by atoms with Crippen LogP contribution in [0.1, 0.15) is 158 Å². The Morgan fingerprint density at radius 3 is 2.22 bits per heavy atom. The number of carboxylic acid groups (broad SMARTS) is 1. The Morgan fingerprint density at radius 1 is 0.900 bits per heavy atom. The van der Waals surface area contributed by atoms with Gasteiger partial charge in [0.1, 0.15) is 6.10 Å². The molecule has 284 valence electrons. The maximum absolute atomic E-state index is 13.2. The van der Waals surface area contributed by atoms with E-state index in [1.807, 2.05) is 13.8 Å². The number of nitrogens with zero attached hydrogens (tertiary/aromatic N) is 1. The number of aliphatic carboxylic acids is 1. The average Bonchev–Trinajstić information content (AvgIpc) is 3.71. The second-order valence-corrected chi connectivity index (χ2v) is 21.4. The molecular weight excluding hydrogens is 620 g/mol. The van der Waals surface area contributed by atoms with Crippen molar-refractivity contribution in [2.24, 2.45) is 67.8 Å². The van der Waals surface area contributed by atoms with E-state index in [0.29, 0.717) is 29.1 Å². The van der Waals surface area contributed by atoms with Crippen molar-refractivity contribution in [1.29, 1.82) is 0 Å². The molecule has 6 aliphatic carbocycles. The third-order valence-corrected chi connectivity index (χ3v) is 17.5. The number of fused-ring (bicyclic) bond motifs is 7. The summed E-state index contributed by atoms with van der Waals surface area (Å²) in [4.78, 5) is 27.2. The number of ether oxygens (including phenoxy) is 1. The summed E-state index contributed by atoms with van der Waals surface area (Å²) in [6.07, 6.45) is 17.1. The first-order valence-electron chi connectivity index (χ1n) is 20.7. The first-order chi connectivity index (χ1) is 23.1. The molecule has 0 saturated heterocycles. The molecule has 10 atom stereocenters. The van der Waals surface area contributed by atoms with E-state index in [1.165, 1.54) is 82.9 Å². The largest absolute Gasteiger partial charge is 0.481 e.